The maximum atomic E-state index is 12.7. The first-order valence-electron chi connectivity index (χ1n) is 6.06. The lowest BCUT2D eigenvalue weighted by Crippen LogP contribution is -2.19. The molecule has 2 aromatic carbocycles. The van der Waals surface area contributed by atoms with Crippen molar-refractivity contribution in [1.82, 2.24) is 5.43 Å². The molecule has 1 N–H and O–H groups in total. The lowest BCUT2D eigenvalue weighted by Gasteiger charge is -2.01. The fourth-order valence-corrected chi connectivity index (χ4v) is 1.98. The average Bonchev–Trinajstić information content (AvgIpc) is 2.46. The van der Waals surface area contributed by atoms with Crippen molar-refractivity contribution < 1.29 is 9.18 Å². The molecule has 1 amide bonds. The summed E-state index contributed by atoms with van der Waals surface area (Å²) in [5.74, 6) is -0.649. The molecule has 0 unspecified atom stereocenters. The van der Waals surface area contributed by atoms with Crippen molar-refractivity contribution in [2.45, 2.75) is 6.42 Å². The van der Waals surface area contributed by atoms with Gasteiger partial charge in [-0.2, -0.15) is 5.10 Å². The van der Waals surface area contributed by atoms with Gasteiger partial charge in [0.2, 0.25) is 5.91 Å². The third-order valence-corrected chi connectivity index (χ3v) is 3.49. The van der Waals surface area contributed by atoms with Crippen molar-refractivity contribution in [3.05, 3.63) is 69.5 Å². The molecule has 0 aliphatic rings. The van der Waals surface area contributed by atoms with Crippen LogP contribution in [0.5, 0.6) is 0 Å². The first-order valence-corrected chi connectivity index (χ1v) is 6.82. The largest absolute Gasteiger partial charge is 0.273 e. The summed E-state index contributed by atoms with van der Waals surface area (Å²) in [4.78, 5) is 11.7. The Labute approximate surface area is 131 Å². The zero-order chi connectivity index (χ0) is 15.2. The van der Waals surface area contributed by atoms with Crippen LogP contribution in [0.3, 0.4) is 0 Å². The molecular formula is C15H11Cl2FN2O. The number of hydrogen-bond acceptors (Lipinski definition) is 2. The lowest BCUT2D eigenvalue weighted by atomic mass is 10.1. The summed E-state index contributed by atoms with van der Waals surface area (Å²) in [5.41, 5.74) is 3.68. The minimum absolute atomic E-state index is 0.112. The molecule has 0 bridgehead atoms. The van der Waals surface area contributed by atoms with Crippen LogP contribution in [0.25, 0.3) is 0 Å². The van der Waals surface area contributed by atoms with E-state index in [2.05, 4.69) is 10.5 Å². The molecule has 0 aliphatic heterocycles. The third-order valence-electron chi connectivity index (χ3n) is 2.65. The van der Waals surface area contributed by atoms with Gasteiger partial charge in [-0.05, 0) is 23.8 Å². The van der Waals surface area contributed by atoms with Crippen LogP contribution in [0.4, 0.5) is 4.39 Å². The number of nitrogens with zero attached hydrogens (tertiary/aromatic N) is 1. The van der Waals surface area contributed by atoms with Crippen LogP contribution in [0.2, 0.25) is 10.0 Å². The second-order valence-electron chi connectivity index (χ2n) is 4.24. The average molecular weight is 325 g/mol. The van der Waals surface area contributed by atoms with Crippen molar-refractivity contribution in [1.29, 1.82) is 0 Å². The second kappa shape index (κ2) is 7.20. The van der Waals surface area contributed by atoms with Crippen LogP contribution in [0, 0.1) is 5.82 Å². The summed E-state index contributed by atoms with van der Waals surface area (Å²) in [6.45, 7) is 0. The summed E-state index contributed by atoms with van der Waals surface area (Å²) >= 11 is 11.8. The van der Waals surface area contributed by atoms with Crippen molar-refractivity contribution in [3.8, 4) is 0 Å². The maximum absolute atomic E-state index is 12.7. The molecule has 6 heteroatoms. The van der Waals surface area contributed by atoms with Crippen LogP contribution in [0.15, 0.2) is 47.6 Å². The third kappa shape index (κ3) is 4.55. The normalized spacial score (nSPS) is 10.8. The van der Waals surface area contributed by atoms with Crippen molar-refractivity contribution >= 4 is 35.3 Å². The molecule has 0 spiro atoms. The van der Waals surface area contributed by atoms with Gasteiger partial charge in [-0.25, -0.2) is 9.82 Å². The molecule has 2 aromatic rings. The van der Waals surface area contributed by atoms with Crippen molar-refractivity contribution in [2.24, 2.45) is 5.10 Å². The molecule has 0 fully saturated rings. The molecule has 0 aromatic heterocycles. The SMILES string of the molecule is O=C(Cc1ccc(F)cc1)N/N=C\c1cccc(Cl)c1Cl. The fourth-order valence-electron chi connectivity index (χ4n) is 1.62. The Morgan fingerprint density at radius 3 is 2.62 bits per heavy atom. The quantitative estimate of drug-likeness (QED) is 0.674. The van der Waals surface area contributed by atoms with Crippen molar-refractivity contribution in [3.63, 3.8) is 0 Å². The van der Waals surface area contributed by atoms with E-state index in [1.165, 1.54) is 18.3 Å². The van der Waals surface area contributed by atoms with E-state index < -0.39 is 0 Å². The number of amides is 1. The molecule has 0 heterocycles. The maximum Gasteiger partial charge on any atom is 0.244 e. The number of nitrogens with one attached hydrogen (secondary N) is 1. The monoisotopic (exact) mass is 324 g/mol. The van der Waals surface area contributed by atoms with E-state index >= 15 is 0 Å². The van der Waals surface area contributed by atoms with Gasteiger partial charge < -0.3 is 0 Å². The van der Waals surface area contributed by atoms with Gasteiger partial charge in [0.15, 0.2) is 0 Å². The minimum Gasteiger partial charge on any atom is -0.273 e. The summed E-state index contributed by atoms with van der Waals surface area (Å²) in [6, 6.07) is 10.8. The van der Waals surface area contributed by atoms with Crippen LogP contribution < -0.4 is 5.43 Å². The minimum atomic E-state index is -0.340. The van der Waals surface area contributed by atoms with Gasteiger partial charge in [0.25, 0.3) is 0 Å². The van der Waals surface area contributed by atoms with Gasteiger partial charge in [0.1, 0.15) is 5.82 Å². The smallest absolute Gasteiger partial charge is 0.244 e. The summed E-state index contributed by atoms with van der Waals surface area (Å²) in [6.07, 6.45) is 1.53. The highest BCUT2D eigenvalue weighted by Gasteiger charge is 2.03. The molecule has 0 atom stereocenters. The van der Waals surface area contributed by atoms with Gasteiger partial charge in [0.05, 0.1) is 22.7 Å². The van der Waals surface area contributed by atoms with E-state index in [-0.39, 0.29) is 18.1 Å². The van der Waals surface area contributed by atoms with Gasteiger partial charge >= 0.3 is 0 Å². The number of hydrogen-bond donors (Lipinski definition) is 1. The highest BCUT2D eigenvalue weighted by Crippen LogP contribution is 2.24. The predicted molar refractivity (Wildman–Crippen MR) is 82.3 cm³/mol. The Kier molecular flexibility index (Phi) is 5.31. The van der Waals surface area contributed by atoms with Gasteiger partial charge in [-0.3, -0.25) is 4.79 Å². The van der Waals surface area contributed by atoms with E-state index in [1.54, 1.807) is 30.3 Å². The van der Waals surface area contributed by atoms with Gasteiger partial charge in [-0.1, -0.05) is 47.5 Å². The molecule has 0 aliphatic carbocycles. The van der Waals surface area contributed by atoms with Gasteiger partial charge in [0, 0.05) is 5.56 Å². The second-order valence-corrected chi connectivity index (χ2v) is 5.02. The standard InChI is InChI=1S/C15H11Cl2FN2O/c16-13-3-1-2-11(15(13)17)9-19-20-14(21)8-10-4-6-12(18)7-5-10/h1-7,9H,8H2,(H,20,21)/b19-9-. The zero-order valence-electron chi connectivity index (χ0n) is 10.8. The number of benzene rings is 2. The Balaban J connectivity index is 1.93. The first-order chi connectivity index (χ1) is 10.1. The molecule has 108 valence electrons. The van der Waals surface area contributed by atoms with Crippen molar-refractivity contribution in [2.75, 3.05) is 0 Å². The Bertz CT molecular complexity index is 672. The molecule has 0 saturated heterocycles. The number of rotatable bonds is 4. The number of carbonyl (C=O) groups is 1. The highest BCUT2D eigenvalue weighted by molar-refractivity contribution is 6.43. The molecule has 0 radical (unpaired) electrons. The fraction of sp³-hybridized carbons (Fsp3) is 0.0667. The number of halogens is 3. The van der Waals surface area contributed by atoms with Gasteiger partial charge in [-0.15, -0.1) is 0 Å². The summed E-state index contributed by atoms with van der Waals surface area (Å²) in [5, 5.41) is 4.60. The molecular weight excluding hydrogens is 314 g/mol. The van der Waals surface area contributed by atoms with Crippen LogP contribution >= 0.6 is 23.2 Å². The molecule has 0 saturated carbocycles. The van der Waals surface area contributed by atoms with E-state index in [1.807, 2.05) is 0 Å². The zero-order valence-corrected chi connectivity index (χ0v) is 12.3. The van der Waals surface area contributed by atoms with Crippen LogP contribution in [-0.4, -0.2) is 12.1 Å². The van der Waals surface area contributed by atoms with Crippen LogP contribution in [0.1, 0.15) is 11.1 Å². The first kappa shape index (κ1) is 15.5. The van der Waals surface area contributed by atoms with E-state index in [4.69, 9.17) is 23.2 Å². The Morgan fingerprint density at radius 2 is 1.90 bits per heavy atom. The Hall–Kier alpha value is -1.91. The summed E-state index contributed by atoms with van der Waals surface area (Å²) < 4.78 is 12.7. The van der Waals surface area contributed by atoms with E-state index in [0.29, 0.717) is 21.2 Å². The highest BCUT2D eigenvalue weighted by atomic mass is 35.5. The summed E-state index contributed by atoms with van der Waals surface area (Å²) in [7, 11) is 0. The number of carbonyl (C=O) groups excluding carboxylic acids is 1. The van der Waals surface area contributed by atoms with E-state index in [0.717, 1.165) is 0 Å². The lowest BCUT2D eigenvalue weighted by molar-refractivity contribution is -0.120. The van der Waals surface area contributed by atoms with Crippen LogP contribution in [-0.2, 0) is 11.2 Å². The predicted octanol–water partition coefficient (Wildman–Crippen LogP) is 3.83. The molecule has 2 rings (SSSR count). The molecule has 21 heavy (non-hydrogen) atoms. The Morgan fingerprint density at radius 1 is 1.19 bits per heavy atom. The number of hydrazone groups is 1. The molecule has 3 nitrogen and oxygen atoms in total. The topological polar surface area (TPSA) is 41.5 Å². The van der Waals surface area contributed by atoms with E-state index in [9.17, 15) is 9.18 Å².